The number of nitrogens with one attached hydrogen (secondary N) is 1. The minimum absolute atomic E-state index is 0.0603. The molecular formula is C31H33F3N4OS. The van der Waals surface area contributed by atoms with Crippen LogP contribution in [0.3, 0.4) is 0 Å². The summed E-state index contributed by atoms with van der Waals surface area (Å²) < 4.78 is 47.9. The molecule has 0 atom stereocenters. The number of nitrogens with zero attached hydrogens (tertiary/aromatic N) is 3. The van der Waals surface area contributed by atoms with Crippen LogP contribution >= 0.6 is 11.3 Å². The Morgan fingerprint density at radius 2 is 1.65 bits per heavy atom. The molecule has 0 saturated carbocycles. The third kappa shape index (κ3) is 6.82. The second kappa shape index (κ2) is 11.6. The van der Waals surface area contributed by atoms with E-state index in [1.54, 1.807) is 48.7 Å². The molecule has 0 amide bonds. The first-order valence-corrected chi connectivity index (χ1v) is 14.2. The van der Waals surface area contributed by atoms with E-state index in [-0.39, 0.29) is 21.3 Å². The van der Waals surface area contributed by atoms with Gasteiger partial charge in [0.15, 0.2) is 10.8 Å². The van der Waals surface area contributed by atoms with Gasteiger partial charge in [0.25, 0.3) is 0 Å². The SMILES string of the molecule is CC(C)(C)CN1CCC(c2ccccc2Oc2ncccc2Nc2nc(C(F)(F)F)c(-c3ccccc3)s2)CC1. The van der Waals surface area contributed by atoms with Crippen LogP contribution in [0.2, 0.25) is 0 Å². The van der Waals surface area contributed by atoms with Crippen LogP contribution in [0.4, 0.5) is 24.0 Å². The third-order valence-corrected chi connectivity index (χ3v) is 7.82. The molecule has 5 rings (SSSR count). The summed E-state index contributed by atoms with van der Waals surface area (Å²) in [4.78, 5) is 10.9. The lowest BCUT2D eigenvalue weighted by atomic mass is 9.87. The maximum absolute atomic E-state index is 13.9. The predicted molar refractivity (Wildman–Crippen MR) is 154 cm³/mol. The Kier molecular flexibility index (Phi) is 8.14. The highest BCUT2D eigenvalue weighted by Crippen LogP contribution is 2.44. The Morgan fingerprint density at radius 1 is 0.950 bits per heavy atom. The summed E-state index contributed by atoms with van der Waals surface area (Å²) >= 11 is 0.949. The van der Waals surface area contributed by atoms with Crippen molar-refractivity contribution in [1.29, 1.82) is 0 Å². The number of anilines is 2. The normalized spacial score (nSPS) is 15.2. The summed E-state index contributed by atoms with van der Waals surface area (Å²) in [6, 6.07) is 19.9. The molecule has 5 nitrogen and oxygen atoms in total. The van der Waals surface area contributed by atoms with E-state index in [0.29, 0.717) is 22.9 Å². The summed E-state index contributed by atoms with van der Waals surface area (Å²) in [7, 11) is 0. The van der Waals surface area contributed by atoms with E-state index in [0.717, 1.165) is 49.4 Å². The highest BCUT2D eigenvalue weighted by atomic mass is 32.1. The fourth-order valence-corrected chi connectivity index (χ4v) is 6.12. The van der Waals surface area contributed by atoms with Crippen LogP contribution in [0, 0.1) is 5.41 Å². The summed E-state index contributed by atoms with van der Waals surface area (Å²) in [5.41, 5.74) is 1.37. The van der Waals surface area contributed by atoms with Gasteiger partial charge in [-0.3, -0.25) is 0 Å². The molecule has 1 saturated heterocycles. The highest BCUT2D eigenvalue weighted by Gasteiger charge is 2.38. The molecule has 40 heavy (non-hydrogen) atoms. The van der Waals surface area contributed by atoms with Crippen LogP contribution in [-0.2, 0) is 6.18 Å². The number of likely N-dealkylation sites (tertiary alicyclic amines) is 1. The van der Waals surface area contributed by atoms with Gasteiger partial charge in [0.2, 0.25) is 5.88 Å². The van der Waals surface area contributed by atoms with E-state index in [9.17, 15) is 13.2 Å². The van der Waals surface area contributed by atoms with E-state index in [1.165, 1.54) is 0 Å². The summed E-state index contributed by atoms with van der Waals surface area (Å²) in [5, 5.41) is 3.15. The number of rotatable bonds is 7. The quantitative estimate of drug-likeness (QED) is 0.242. The number of thiazole rings is 1. The van der Waals surface area contributed by atoms with E-state index >= 15 is 0 Å². The van der Waals surface area contributed by atoms with E-state index in [1.807, 2.05) is 18.2 Å². The Labute approximate surface area is 237 Å². The van der Waals surface area contributed by atoms with Crippen molar-refractivity contribution in [2.75, 3.05) is 25.0 Å². The molecule has 2 aromatic carbocycles. The summed E-state index contributed by atoms with van der Waals surface area (Å²) in [5.74, 6) is 1.35. The maximum Gasteiger partial charge on any atom is 0.434 e. The van der Waals surface area contributed by atoms with Crippen molar-refractivity contribution in [3.8, 4) is 22.1 Å². The number of hydrogen-bond acceptors (Lipinski definition) is 6. The number of para-hydroxylation sites is 1. The molecule has 9 heteroatoms. The molecule has 4 aromatic rings. The van der Waals surface area contributed by atoms with Crippen molar-refractivity contribution in [2.24, 2.45) is 5.41 Å². The molecule has 1 aliphatic heterocycles. The minimum atomic E-state index is -4.59. The molecule has 1 N–H and O–H groups in total. The highest BCUT2D eigenvalue weighted by molar-refractivity contribution is 7.19. The first-order valence-electron chi connectivity index (χ1n) is 13.4. The van der Waals surface area contributed by atoms with Gasteiger partial charge < -0.3 is 15.0 Å². The largest absolute Gasteiger partial charge is 0.437 e. The van der Waals surface area contributed by atoms with Crippen LogP contribution in [-0.4, -0.2) is 34.5 Å². The zero-order chi connectivity index (χ0) is 28.3. The van der Waals surface area contributed by atoms with Crippen LogP contribution in [0.15, 0.2) is 72.9 Å². The molecule has 3 heterocycles. The Balaban J connectivity index is 1.37. The first kappa shape index (κ1) is 28.1. The van der Waals surface area contributed by atoms with Crippen molar-refractivity contribution in [3.05, 3.63) is 84.2 Å². The zero-order valence-electron chi connectivity index (χ0n) is 22.8. The van der Waals surface area contributed by atoms with E-state index in [2.05, 4.69) is 47.0 Å². The monoisotopic (exact) mass is 566 g/mol. The number of hydrogen-bond donors (Lipinski definition) is 1. The predicted octanol–water partition coefficient (Wildman–Crippen LogP) is 8.99. The van der Waals surface area contributed by atoms with Gasteiger partial charge in [-0.15, -0.1) is 0 Å². The molecule has 1 fully saturated rings. The minimum Gasteiger partial charge on any atom is -0.437 e. The van der Waals surface area contributed by atoms with Gasteiger partial charge in [0.1, 0.15) is 11.4 Å². The fraction of sp³-hybridized carbons (Fsp3) is 0.355. The molecule has 0 radical (unpaired) electrons. The van der Waals surface area contributed by atoms with Gasteiger partial charge in [-0.1, -0.05) is 80.6 Å². The van der Waals surface area contributed by atoms with Crippen LogP contribution < -0.4 is 10.1 Å². The van der Waals surface area contributed by atoms with Crippen molar-refractivity contribution in [3.63, 3.8) is 0 Å². The maximum atomic E-state index is 13.9. The fourth-order valence-electron chi connectivity index (χ4n) is 5.12. The second-order valence-electron chi connectivity index (χ2n) is 11.3. The van der Waals surface area contributed by atoms with Crippen molar-refractivity contribution >= 4 is 22.2 Å². The number of aromatic nitrogens is 2. The van der Waals surface area contributed by atoms with Gasteiger partial charge >= 0.3 is 6.18 Å². The molecule has 2 aromatic heterocycles. The number of halogens is 3. The average molecular weight is 567 g/mol. The first-order chi connectivity index (χ1) is 19.1. The zero-order valence-corrected chi connectivity index (χ0v) is 23.6. The molecular weight excluding hydrogens is 533 g/mol. The molecule has 210 valence electrons. The number of pyridine rings is 1. The molecule has 0 aliphatic carbocycles. The van der Waals surface area contributed by atoms with Gasteiger partial charge in [-0.05, 0) is 66.6 Å². The molecule has 1 aliphatic rings. The molecule has 0 spiro atoms. The third-order valence-electron chi connectivity index (χ3n) is 6.80. The van der Waals surface area contributed by atoms with Gasteiger partial charge in [0.05, 0.1) is 4.88 Å². The van der Waals surface area contributed by atoms with E-state index in [4.69, 9.17) is 4.74 Å². The van der Waals surface area contributed by atoms with Gasteiger partial charge in [-0.25, -0.2) is 9.97 Å². The van der Waals surface area contributed by atoms with Crippen LogP contribution in [0.25, 0.3) is 10.4 Å². The number of benzene rings is 2. The Morgan fingerprint density at radius 3 is 2.35 bits per heavy atom. The Bertz CT molecular complexity index is 1420. The standard InChI is InChI=1S/C31H33F3N4OS/c1-30(2,3)20-38-18-15-21(16-19-38)23-12-7-8-14-25(23)39-28-24(13-9-17-35-28)36-29-37-27(31(32,33)34)26(40-29)22-10-5-4-6-11-22/h4-14,17,21H,15-16,18-20H2,1-3H3,(H,36,37). The topological polar surface area (TPSA) is 50.3 Å². The Hall–Kier alpha value is -3.43. The van der Waals surface area contributed by atoms with Gasteiger partial charge in [-0.2, -0.15) is 13.2 Å². The number of alkyl halides is 3. The summed E-state index contributed by atoms with van der Waals surface area (Å²) in [6.07, 6.45) is -0.916. The lowest BCUT2D eigenvalue weighted by Crippen LogP contribution is -2.38. The van der Waals surface area contributed by atoms with Crippen molar-refractivity contribution < 1.29 is 17.9 Å². The van der Waals surface area contributed by atoms with Crippen molar-refractivity contribution in [2.45, 2.75) is 45.7 Å². The summed E-state index contributed by atoms with van der Waals surface area (Å²) in [6.45, 7) is 9.92. The number of ether oxygens (including phenoxy) is 1. The lowest BCUT2D eigenvalue weighted by Gasteiger charge is -2.36. The number of piperidine rings is 1. The molecule has 0 bridgehead atoms. The lowest BCUT2D eigenvalue weighted by molar-refractivity contribution is -0.140. The van der Waals surface area contributed by atoms with Gasteiger partial charge in [0, 0.05) is 12.7 Å². The van der Waals surface area contributed by atoms with E-state index < -0.39 is 11.9 Å². The smallest absolute Gasteiger partial charge is 0.434 e. The second-order valence-corrected chi connectivity index (χ2v) is 12.3. The molecule has 0 unspecified atom stereocenters. The van der Waals surface area contributed by atoms with Crippen molar-refractivity contribution in [1.82, 2.24) is 14.9 Å². The van der Waals surface area contributed by atoms with Crippen LogP contribution in [0.5, 0.6) is 11.6 Å². The average Bonchev–Trinajstić information content (AvgIpc) is 3.35. The van der Waals surface area contributed by atoms with Crippen LogP contribution in [0.1, 0.15) is 50.8 Å².